The molecule has 0 spiro atoms. The largest absolute Gasteiger partial charge is 0.341 e. The maximum absolute atomic E-state index is 10.9. The van der Waals surface area contributed by atoms with Gasteiger partial charge in [0.15, 0.2) is 5.17 Å². The number of amidine groups is 1. The predicted octanol–water partition coefficient (Wildman–Crippen LogP) is 3.58. The van der Waals surface area contributed by atoms with E-state index in [1.807, 2.05) is 30.3 Å². The first-order chi connectivity index (χ1) is 11.6. The van der Waals surface area contributed by atoms with Crippen LogP contribution in [0.4, 0.5) is 5.69 Å². The fraction of sp³-hybridized carbons (Fsp3) is 0.294. The maximum Gasteiger partial charge on any atom is 0.269 e. The highest BCUT2D eigenvalue weighted by molar-refractivity contribution is 8.14. The number of nitro benzene ring substituents is 1. The third kappa shape index (κ3) is 2.54. The van der Waals surface area contributed by atoms with Gasteiger partial charge in [-0.05, 0) is 17.7 Å². The molecule has 1 saturated heterocycles. The van der Waals surface area contributed by atoms with Gasteiger partial charge in [0, 0.05) is 30.1 Å². The van der Waals surface area contributed by atoms with E-state index in [-0.39, 0.29) is 22.7 Å². The van der Waals surface area contributed by atoms with E-state index in [0.717, 1.165) is 23.0 Å². The minimum atomic E-state index is -0.371. The van der Waals surface area contributed by atoms with Crippen LogP contribution in [0.3, 0.4) is 0 Å². The van der Waals surface area contributed by atoms with Crippen LogP contribution in [-0.4, -0.2) is 31.8 Å². The first kappa shape index (κ1) is 15.1. The maximum atomic E-state index is 10.9. The molecule has 122 valence electrons. The molecule has 0 bridgehead atoms. The molecule has 0 amide bonds. The van der Waals surface area contributed by atoms with E-state index >= 15 is 0 Å². The van der Waals surface area contributed by atoms with Gasteiger partial charge in [-0.3, -0.25) is 20.1 Å². The molecule has 2 aliphatic rings. The fourth-order valence-electron chi connectivity index (χ4n) is 3.27. The van der Waals surface area contributed by atoms with Gasteiger partial charge in [0.25, 0.3) is 5.69 Å². The smallest absolute Gasteiger partial charge is 0.269 e. The zero-order chi connectivity index (χ0) is 16.7. The van der Waals surface area contributed by atoms with Crippen LogP contribution in [0.2, 0.25) is 0 Å². The Morgan fingerprint density at radius 3 is 2.71 bits per heavy atom. The van der Waals surface area contributed by atoms with Crippen LogP contribution in [0.25, 0.3) is 0 Å². The summed E-state index contributed by atoms with van der Waals surface area (Å²) in [5.41, 5.74) is 2.07. The second-order valence-electron chi connectivity index (χ2n) is 5.99. The molecule has 6 nitrogen and oxygen atoms in total. The highest BCUT2D eigenvalue weighted by Gasteiger charge is 2.43. The molecular weight excluding hydrogens is 324 g/mol. The lowest BCUT2D eigenvalue weighted by atomic mass is 9.96. The number of thioether (sulfide) groups is 1. The number of nitrogens with zero attached hydrogens (tertiary/aromatic N) is 4. The standard InChI is InChI=1S/C17H16N4O2S/c1-11-10-20-16(12-5-7-13(8-6-12)21(22)23)15(19-17(20)24-11)14-4-2-3-9-18-14/h2-9,11,15-16H,10H2,1H3/t11-,15-,16+/m1/s1. The van der Waals surface area contributed by atoms with Crippen molar-refractivity contribution in [2.24, 2.45) is 4.99 Å². The van der Waals surface area contributed by atoms with Crippen molar-refractivity contribution in [2.45, 2.75) is 24.3 Å². The summed E-state index contributed by atoms with van der Waals surface area (Å²) in [5.74, 6) is 0. The van der Waals surface area contributed by atoms with Gasteiger partial charge >= 0.3 is 0 Å². The molecule has 24 heavy (non-hydrogen) atoms. The first-order valence-corrected chi connectivity index (χ1v) is 8.68. The molecule has 3 heterocycles. The van der Waals surface area contributed by atoms with Gasteiger partial charge in [-0.2, -0.15) is 0 Å². The molecule has 1 fully saturated rings. The molecule has 4 rings (SSSR count). The summed E-state index contributed by atoms with van der Waals surface area (Å²) in [6.45, 7) is 3.11. The van der Waals surface area contributed by atoms with E-state index in [9.17, 15) is 10.1 Å². The highest BCUT2D eigenvalue weighted by Crippen LogP contribution is 2.47. The van der Waals surface area contributed by atoms with Gasteiger partial charge in [0.2, 0.25) is 0 Å². The SMILES string of the molecule is C[C@@H]1CN2C(=N[C@H](c3ccccn3)[C@@H]2c2ccc([N+](=O)[O-])cc2)S1. The van der Waals surface area contributed by atoms with Gasteiger partial charge in [-0.15, -0.1) is 0 Å². The lowest BCUT2D eigenvalue weighted by molar-refractivity contribution is -0.384. The number of fused-ring (bicyclic) bond motifs is 1. The number of benzene rings is 1. The molecule has 0 aliphatic carbocycles. The number of hydrogen-bond acceptors (Lipinski definition) is 6. The Balaban J connectivity index is 1.74. The van der Waals surface area contributed by atoms with Crippen LogP contribution < -0.4 is 0 Å². The van der Waals surface area contributed by atoms with Crippen molar-refractivity contribution >= 4 is 22.6 Å². The molecule has 1 aromatic heterocycles. The lowest BCUT2D eigenvalue weighted by Crippen LogP contribution is -2.28. The van der Waals surface area contributed by atoms with Gasteiger partial charge in [0.1, 0.15) is 6.04 Å². The molecule has 2 aliphatic heterocycles. The summed E-state index contributed by atoms with van der Waals surface area (Å²) >= 11 is 1.78. The zero-order valence-corrected chi connectivity index (χ0v) is 13.9. The predicted molar refractivity (Wildman–Crippen MR) is 94.0 cm³/mol. The topological polar surface area (TPSA) is 71.6 Å². The van der Waals surface area contributed by atoms with Crippen LogP contribution in [0.5, 0.6) is 0 Å². The van der Waals surface area contributed by atoms with E-state index in [1.54, 1.807) is 30.1 Å². The average Bonchev–Trinajstić information content (AvgIpc) is 3.11. The number of pyridine rings is 1. The van der Waals surface area contributed by atoms with Gasteiger partial charge in [-0.25, -0.2) is 0 Å². The first-order valence-electron chi connectivity index (χ1n) is 7.80. The number of aromatic nitrogens is 1. The molecule has 0 radical (unpaired) electrons. The second-order valence-corrected chi connectivity index (χ2v) is 7.39. The Kier molecular flexibility index (Phi) is 3.72. The van der Waals surface area contributed by atoms with Crippen LogP contribution >= 0.6 is 11.8 Å². The van der Waals surface area contributed by atoms with Gasteiger partial charge in [-0.1, -0.05) is 36.9 Å². The van der Waals surface area contributed by atoms with E-state index < -0.39 is 0 Å². The molecule has 2 aromatic rings. The minimum absolute atomic E-state index is 0.0353. The summed E-state index contributed by atoms with van der Waals surface area (Å²) in [6.07, 6.45) is 1.78. The summed E-state index contributed by atoms with van der Waals surface area (Å²) in [4.78, 5) is 22.2. The van der Waals surface area contributed by atoms with Crippen molar-refractivity contribution in [1.29, 1.82) is 0 Å². The molecule has 0 saturated carbocycles. The summed E-state index contributed by atoms with van der Waals surface area (Å²) < 4.78 is 0. The number of nitro groups is 1. The normalized spacial score (nSPS) is 25.5. The lowest BCUT2D eigenvalue weighted by Gasteiger charge is -2.27. The van der Waals surface area contributed by atoms with Crippen LogP contribution in [0.1, 0.15) is 30.3 Å². The molecular formula is C17H16N4O2S. The Hall–Kier alpha value is -2.41. The number of rotatable bonds is 3. The monoisotopic (exact) mass is 340 g/mol. The number of hydrogen-bond donors (Lipinski definition) is 0. The molecule has 0 N–H and O–H groups in total. The summed E-state index contributed by atoms with van der Waals surface area (Å²) in [7, 11) is 0. The van der Waals surface area contributed by atoms with E-state index in [2.05, 4.69) is 16.8 Å². The Morgan fingerprint density at radius 2 is 2.04 bits per heavy atom. The fourth-order valence-corrected chi connectivity index (χ4v) is 4.36. The van der Waals surface area contributed by atoms with Crippen molar-refractivity contribution in [3.63, 3.8) is 0 Å². The van der Waals surface area contributed by atoms with Crippen molar-refractivity contribution in [2.75, 3.05) is 6.54 Å². The third-order valence-corrected chi connectivity index (χ3v) is 5.43. The Bertz CT molecular complexity index is 794. The van der Waals surface area contributed by atoms with Crippen molar-refractivity contribution in [3.8, 4) is 0 Å². The highest BCUT2D eigenvalue weighted by atomic mass is 32.2. The van der Waals surface area contributed by atoms with Gasteiger partial charge in [0.05, 0.1) is 16.7 Å². The molecule has 0 unspecified atom stereocenters. The van der Waals surface area contributed by atoms with Gasteiger partial charge < -0.3 is 4.90 Å². The van der Waals surface area contributed by atoms with E-state index in [0.29, 0.717) is 5.25 Å². The van der Waals surface area contributed by atoms with Crippen molar-refractivity contribution in [3.05, 3.63) is 70.0 Å². The zero-order valence-electron chi connectivity index (χ0n) is 13.1. The Labute approximate surface area is 143 Å². The molecule has 7 heteroatoms. The number of non-ortho nitro benzene ring substituents is 1. The third-order valence-electron chi connectivity index (χ3n) is 4.33. The summed E-state index contributed by atoms with van der Waals surface area (Å²) in [6, 6.07) is 12.6. The van der Waals surface area contributed by atoms with Crippen LogP contribution in [-0.2, 0) is 0 Å². The average molecular weight is 340 g/mol. The quantitative estimate of drug-likeness (QED) is 0.631. The second kappa shape index (κ2) is 5.90. The Morgan fingerprint density at radius 1 is 1.25 bits per heavy atom. The minimum Gasteiger partial charge on any atom is -0.341 e. The summed E-state index contributed by atoms with van der Waals surface area (Å²) in [5, 5.41) is 12.4. The van der Waals surface area contributed by atoms with Crippen LogP contribution in [0.15, 0.2) is 53.7 Å². The number of aliphatic imine (C=N–C) groups is 1. The van der Waals surface area contributed by atoms with E-state index in [1.165, 1.54) is 0 Å². The van der Waals surface area contributed by atoms with Crippen molar-refractivity contribution in [1.82, 2.24) is 9.88 Å². The van der Waals surface area contributed by atoms with E-state index in [4.69, 9.17) is 4.99 Å². The molecule has 3 atom stereocenters. The van der Waals surface area contributed by atoms with Crippen molar-refractivity contribution < 1.29 is 4.92 Å². The molecule has 1 aromatic carbocycles. The van der Waals surface area contributed by atoms with Crippen LogP contribution in [0, 0.1) is 10.1 Å².